The summed E-state index contributed by atoms with van der Waals surface area (Å²) in [6.45, 7) is 10.7. The lowest BCUT2D eigenvalue weighted by Gasteiger charge is -2.38. The van der Waals surface area contributed by atoms with Crippen LogP contribution in [0.2, 0.25) is 0 Å². The largest absolute Gasteiger partial charge is 0.468 e. The van der Waals surface area contributed by atoms with Crippen LogP contribution in [0.25, 0.3) is 0 Å². The van der Waals surface area contributed by atoms with Gasteiger partial charge in [0.25, 0.3) is 0 Å². The summed E-state index contributed by atoms with van der Waals surface area (Å²) < 4.78 is 5.57. The summed E-state index contributed by atoms with van der Waals surface area (Å²) in [6, 6.07) is 2.73. The molecule has 1 N–H and O–H groups in total. The van der Waals surface area contributed by atoms with Gasteiger partial charge >= 0.3 is 0 Å². The number of piperazine rings is 1. The summed E-state index contributed by atoms with van der Waals surface area (Å²) in [5.41, 5.74) is 1.33. The minimum Gasteiger partial charge on any atom is -0.468 e. The minimum absolute atomic E-state index is 0.616. The highest BCUT2D eigenvalue weighted by atomic mass is 16.3. The van der Waals surface area contributed by atoms with Crippen molar-refractivity contribution in [1.29, 1.82) is 0 Å². The van der Waals surface area contributed by atoms with Crippen molar-refractivity contribution in [2.24, 2.45) is 0 Å². The molecule has 0 spiro atoms. The third kappa shape index (κ3) is 3.34. The molecule has 2 rings (SSSR count). The van der Waals surface area contributed by atoms with Crippen LogP contribution in [-0.2, 0) is 13.1 Å². The third-order valence-corrected chi connectivity index (χ3v) is 3.71. The van der Waals surface area contributed by atoms with Crippen LogP contribution in [0.1, 0.15) is 25.2 Å². The number of nitrogens with one attached hydrogen (secondary N) is 1. The van der Waals surface area contributed by atoms with Crippen molar-refractivity contribution in [3.8, 4) is 0 Å². The Labute approximate surface area is 110 Å². The molecule has 102 valence electrons. The quantitative estimate of drug-likeness (QED) is 0.860. The molecule has 18 heavy (non-hydrogen) atoms. The van der Waals surface area contributed by atoms with Crippen LogP contribution in [0.5, 0.6) is 0 Å². The van der Waals surface area contributed by atoms with Crippen molar-refractivity contribution >= 4 is 0 Å². The summed E-state index contributed by atoms with van der Waals surface area (Å²) in [5.74, 6) is 1.09. The molecule has 0 aliphatic carbocycles. The lowest BCUT2D eigenvalue weighted by molar-refractivity contribution is 0.0933. The first kappa shape index (κ1) is 13.6. The zero-order chi connectivity index (χ0) is 13.0. The Hall–Kier alpha value is -0.840. The Bertz CT molecular complexity index is 364. The van der Waals surface area contributed by atoms with Crippen LogP contribution in [0, 0.1) is 0 Å². The highest BCUT2D eigenvalue weighted by Crippen LogP contribution is 2.17. The summed E-state index contributed by atoms with van der Waals surface area (Å²) >= 11 is 0. The Morgan fingerprint density at radius 3 is 3.00 bits per heavy atom. The van der Waals surface area contributed by atoms with Gasteiger partial charge in [-0.1, -0.05) is 6.92 Å². The van der Waals surface area contributed by atoms with Crippen LogP contribution in [0.4, 0.5) is 0 Å². The number of furan rings is 1. The smallest absolute Gasteiger partial charge is 0.122 e. The minimum atomic E-state index is 0.616. The summed E-state index contributed by atoms with van der Waals surface area (Å²) in [4.78, 5) is 4.94. The predicted octanol–water partition coefficient (Wildman–Crippen LogP) is 1.52. The lowest BCUT2D eigenvalue weighted by atomic mass is 10.1. The van der Waals surface area contributed by atoms with Crippen molar-refractivity contribution in [3.63, 3.8) is 0 Å². The van der Waals surface area contributed by atoms with E-state index in [9.17, 15) is 0 Å². The van der Waals surface area contributed by atoms with Crippen molar-refractivity contribution < 1.29 is 4.42 Å². The second kappa shape index (κ2) is 6.36. The van der Waals surface area contributed by atoms with E-state index >= 15 is 0 Å². The van der Waals surface area contributed by atoms with Gasteiger partial charge in [-0.3, -0.25) is 4.90 Å². The molecular weight excluding hydrogens is 226 g/mol. The second-order valence-electron chi connectivity index (χ2n) is 5.23. The fraction of sp³-hybridized carbons (Fsp3) is 0.714. The first-order chi connectivity index (χ1) is 8.70. The second-order valence-corrected chi connectivity index (χ2v) is 5.23. The molecule has 1 atom stereocenters. The van der Waals surface area contributed by atoms with E-state index in [-0.39, 0.29) is 0 Å². The summed E-state index contributed by atoms with van der Waals surface area (Å²) in [7, 11) is 2.20. The maximum atomic E-state index is 5.57. The van der Waals surface area contributed by atoms with E-state index in [2.05, 4.69) is 42.1 Å². The van der Waals surface area contributed by atoms with Gasteiger partial charge in [0.1, 0.15) is 5.76 Å². The van der Waals surface area contributed by atoms with Crippen LogP contribution in [-0.4, -0.2) is 49.1 Å². The van der Waals surface area contributed by atoms with E-state index in [1.807, 2.05) is 6.26 Å². The van der Waals surface area contributed by atoms with E-state index in [1.54, 1.807) is 0 Å². The van der Waals surface area contributed by atoms with Gasteiger partial charge in [0.05, 0.1) is 12.8 Å². The molecule has 1 unspecified atom stereocenters. The Morgan fingerprint density at radius 1 is 1.44 bits per heavy atom. The average Bonchev–Trinajstić information content (AvgIpc) is 2.77. The normalized spacial score (nSPS) is 22.5. The number of nitrogens with zero attached hydrogens (tertiary/aromatic N) is 2. The van der Waals surface area contributed by atoms with Gasteiger partial charge in [0, 0.05) is 37.8 Å². The van der Waals surface area contributed by atoms with Crippen molar-refractivity contribution in [1.82, 2.24) is 15.1 Å². The molecule has 0 amide bonds. The molecule has 0 bridgehead atoms. The number of rotatable bonds is 5. The Morgan fingerprint density at radius 2 is 2.28 bits per heavy atom. The standard InChI is InChI=1S/C14H25N3O/c1-4-15-9-14-13(5-8-18-14)11-17-7-6-16(3)10-12(17)2/h5,8,12,15H,4,6-7,9-11H2,1-3H3. The fourth-order valence-electron chi connectivity index (χ4n) is 2.53. The topological polar surface area (TPSA) is 31.7 Å². The van der Waals surface area contributed by atoms with Gasteiger partial charge in [0.2, 0.25) is 0 Å². The predicted molar refractivity (Wildman–Crippen MR) is 73.5 cm³/mol. The van der Waals surface area contributed by atoms with Gasteiger partial charge in [-0.25, -0.2) is 0 Å². The Balaban J connectivity index is 1.94. The molecule has 1 aromatic rings. The van der Waals surface area contributed by atoms with Gasteiger partial charge in [0.15, 0.2) is 0 Å². The lowest BCUT2D eigenvalue weighted by Crippen LogP contribution is -2.49. The molecule has 1 aliphatic rings. The number of likely N-dealkylation sites (N-methyl/N-ethyl adjacent to an activating group) is 1. The van der Waals surface area contributed by atoms with Crippen LogP contribution >= 0.6 is 0 Å². The van der Waals surface area contributed by atoms with Crippen molar-refractivity contribution in [3.05, 3.63) is 23.7 Å². The molecular formula is C14H25N3O. The third-order valence-electron chi connectivity index (χ3n) is 3.71. The maximum absolute atomic E-state index is 5.57. The van der Waals surface area contributed by atoms with Crippen molar-refractivity contribution in [2.45, 2.75) is 33.0 Å². The number of hydrogen-bond donors (Lipinski definition) is 1. The zero-order valence-corrected chi connectivity index (χ0v) is 11.8. The van der Waals surface area contributed by atoms with E-state index in [0.29, 0.717) is 6.04 Å². The van der Waals surface area contributed by atoms with E-state index < -0.39 is 0 Å². The molecule has 4 heteroatoms. The van der Waals surface area contributed by atoms with E-state index in [4.69, 9.17) is 4.42 Å². The molecule has 1 fully saturated rings. The summed E-state index contributed by atoms with van der Waals surface area (Å²) in [6.07, 6.45) is 1.81. The molecule has 0 aromatic carbocycles. The van der Waals surface area contributed by atoms with Gasteiger partial charge in [-0.15, -0.1) is 0 Å². The van der Waals surface area contributed by atoms with Gasteiger partial charge in [-0.2, -0.15) is 0 Å². The highest BCUT2D eigenvalue weighted by molar-refractivity contribution is 5.17. The van der Waals surface area contributed by atoms with Crippen LogP contribution in [0.15, 0.2) is 16.7 Å². The Kier molecular flexibility index (Phi) is 4.80. The molecule has 1 saturated heterocycles. The first-order valence-corrected chi connectivity index (χ1v) is 6.89. The maximum Gasteiger partial charge on any atom is 0.122 e. The first-order valence-electron chi connectivity index (χ1n) is 6.89. The molecule has 0 saturated carbocycles. The molecule has 1 aromatic heterocycles. The highest BCUT2D eigenvalue weighted by Gasteiger charge is 2.22. The molecule has 1 aliphatic heterocycles. The molecule has 0 radical (unpaired) electrons. The zero-order valence-electron chi connectivity index (χ0n) is 11.8. The van der Waals surface area contributed by atoms with E-state index in [1.165, 1.54) is 5.56 Å². The fourth-order valence-corrected chi connectivity index (χ4v) is 2.53. The van der Waals surface area contributed by atoms with Crippen molar-refractivity contribution in [2.75, 3.05) is 33.2 Å². The van der Waals surface area contributed by atoms with Gasteiger partial charge < -0.3 is 14.6 Å². The van der Waals surface area contributed by atoms with E-state index in [0.717, 1.165) is 45.0 Å². The van der Waals surface area contributed by atoms with Gasteiger partial charge in [-0.05, 0) is 26.6 Å². The number of hydrogen-bond acceptors (Lipinski definition) is 4. The monoisotopic (exact) mass is 251 g/mol. The van der Waals surface area contributed by atoms with Crippen LogP contribution in [0.3, 0.4) is 0 Å². The summed E-state index contributed by atoms with van der Waals surface area (Å²) in [5, 5.41) is 3.33. The average molecular weight is 251 g/mol. The molecule has 4 nitrogen and oxygen atoms in total. The SMILES string of the molecule is CCNCc1occc1CN1CCN(C)CC1C. The van der Waals surface area contributed by atoms with Crippen LogP contribution < -0.4 is 5.32 Å². The molecule has 2 heterocycles.